The van der Waals surface area contributed by atoms with E-state index in [-0.39, 0.29) is 0 Å². The van der Waals surface area contributed by atoms with Gasteiger partial charge in [0.1, 0.15) is 5.15 Å². The molecule has 0 aliphatic heterocycles. The molecule has 4 nitrogen and oxygen atoms in total. The SMILES string of the molecule is COCCN(CCOC)c1ccc(Cl)nc1C. The van der Waals surface area contributed by atoms with Gasteiger partial charge in [-0.15, -0.1) is 0 Å². The zero-order chi connectivity index (χ0) is 12.7. The standard InChI is InChI=1S/C12H19ClN2O2/c1-10-11(4-5-12(13)14-10)15(6-8-16-2)7-9-17-3/h4-5H,6-9H2,1-3H3. The smallest absolute Gasteiger partial charge is 0.129 e. The number of halogens is 1. The van der Waals surface area contributed by atoms with E-state index in [9.17, 15) is 0 Å². The summed E-state index contributed by atoms with van der Waals surface area (Å²) < 4.78 is 10.2. The van der Waals surface area contributed by atoms with Crippen LogP contribution >= 0.6 is 11.6 Å². The van der Waals surface area contributed by atoms with Crippen LogP contribution in [0.1, 0.15) is 5.69 Å². The van der Waals surface area contributed by atoms with Crippen molar-refractivity contribution in [2.45, 2.75) is 6.92 Å². The van der Waals surface area contributed by atoms with Gasteiger partial charge in [-0.1, -0.05) is 11.6 Å². The molecule has 0 saturated heterocycles. The Kier molecular flexibility index (Phi) is 6.26. The van der Waals surface area contributed by atoms with E-state index in [1.807, 2.05) is 13.0 Å². The lowest BCUT2D eigenvalue weighted by molar-refractivity contribution is 0.190. The summed E-state index contributed by atoms with van der Waals surface area (Å²) in [6, 6.07) is 3.78. The Morgan fingerprint density at radius 3 is 2.24 bits per heavy atom. The van der Waals surface area contributed by atoms with E-state index in [1.54, 1.807) is 20.3 Å². The number of aromatic nitrogens is 1. The predicted octanol–water partition coefficient (Wildman–Crippen LogP) is 2.14. The summed E-state index contributed by atoms with van der Waals surface area (Å²) in [6.45, 7) is 4.92. The Balaban J connectivity index is 2.79. The summed E-state index contributed by atoms with van der Waals surface area (Å²) in [5, 5.41) is 0.518. The van der Waals surface area contributed by atoms with E-state index in [2.05, 4.69) is 9.88 Å². The Morgan fingerprint density at radius 1 is 1.18 bits per heavy atom. The van der Waals surface area contributed by atoms with E-state index in [4.69, 9.17) is 21.1 Å². The molecule has 0 radical (unpaired) electrons. The van der Waals surface area contributed by atoms with Crippen molar-refractivity contribution >= 4 is 17.3 Å². The van der Waals surface area contributed by atoms with Crippen LogP contribution in [0.2, 0.25) is 5.15 Å². The number of nitrogens with zero attached hydrogens (tertiary/aromatic N) is 2. The molecule has 0 bridgehead atoms. The number of rotatable bonds is 7. The van der Waals surface area contributed by atoms with Gasteiger partial charge in [0.05, 0.1) is 24.6 Å². The highest BCUT2D eigenvalue weighted by Crippen LogP contribution is 2.20. The van der Waals surface area contributed by atoms with Crippen molar-refractivity contribution < 1.29 is 9.47 Å². The van der Waals surface area contributed by atoms with Gasteiger partial charge in [-0.25, -0.2) is 4.98 Å². The molecule has 0 aromatic carbocycles. The van der Waals surface area contributed by atoms with Crippen LogP contribution in [0.5, 0.6) is 0 Å². The molecular weight excluding hydrogens is 240 g/mol. The molecule has 0 unspecified atom stereocenters. The Labute approximate surface area is 107 Å². The van der Waals surface area contributed by atoms with Gasteiger partial charge in [0.15, 0.2) is 0 Å². The van der Waals surface area contributed by atoms with E-state index in [0.717, 1.165) is 24.5 Å². The van der Waals surface area contributed by atoms with Crippen molar-refractivity contribution in [2.24, 2.45) is 0 Å². The van der Waals surface area contributed by atoms with Crippen molar-refractivity contribution in [3.63, 3.8) is 0 Å². The molecule has 0 fully saturated rings. The van der Waals surface area contributed by atoms with Crippen LogP contribution in [0, 0.1) is 6.92 Å². The largest absolute Gasteiger partial charge is 0.383 e. The molecule has 0 aliphatic carbocycles. The number of anilines is 1. The quantitative estimate of drug-likeness (QED) is 0.702. The Bertz CT molecular complexity index is 339. The average molecular weight is 259 g/mol. The summed E-state index contributed by atoms with van der Waals surface area (Å²) in [6.07, 6.45) is 0. The van der Waals surface area contributed by atoms with Gasteiger partial charge >= 0.3 is 0 Å². The summed E-state index contributed by atoms with van der Waals surface area (Å²) in [5.41, 5.74) is 1.99. The molecule has 1 aromatic heterocycles. The second-order valence-electron chi connectivity index (χ2n) is 3.71. The molecule has 0 amide bonds. The summed E-state index contributed by atoms with van der Waals surface area (Å²) in [4.78, 5) is 6.44. The van der Waals surface area contributed by atoms with Gasteiger partial charge in [0.2, 0.25) is 0 Å². The maximum Gasteiger partial charge on any atom is 0.129 e. The first-order valence-electron chi connectivity index (χ1n) is 5.55. The zero-order valence-electron chi connectivity index (χ0n) is 10.6. The van der Waals surface area contributed by atoms with Gasteiger partial charge < -0.3 is 14.4 Å². The van der Waals surface area contributed by atoms with Crippen LogP contribution in [-0.2, 0) is 9.47 Å². The second-order valence-corrected chi connectivity index (χ2v) is 4.10. The third-order valence-electron chi connectivity index (χ3n) is 2.50. The lowest BCUT2D eigenvalue weighted by Gasteiger charge is -2.25. The maximum absolute atomic E-state index is 5.85. The third-order valence-corrected chi connectivity index (χ3v) is 2.71. The first kappa shape index (κ1) is 14.2. The lowest BCUT2D eigenvalue weighted by Crippen LogP contribution is -2.31. The highest BCUT2D eigenvalue weighted by molar-refractivity contribution is 6.29. The van der Waals surface area contributed by atoms with Crippen LogP contribution in [0.4, 0.5) is 5.69 Å². The molecule has 5 heteroatoms. The molecule has 17 heavy (non-hydrogen) atoms. The first-order valence-corrected chi connectivity index (χ1v) is 5.92. The number of ether oxygens (including phenoxy) is 2. The van der Waals surface area contributed by atoms with Crippen molar-refractivity contribution in [3.8, 4) is 0 Å². The lowest BCUT2D eigenvalue weighted by atomic mass is 10.2. The second kappa shape index (κ2) is 7.48. The average Bonchev–Trinajstić information content (AvgIpc) is 2.30. The molecule has 1 aromatic rings. The topological polar surface area (TPSA) is 34.6 Å². The zero-order valence-corrected chi connectivity index (χ0v) is 11.3. The van der Waals surface area contributed by atoms with Crippen molar-refractivity contribution in [1.82, 2.24) is 4.98 Å². The molecule has 0 aliphatic rings. The fourth-order valence-electron chi connectivity index (χ4n) is 1.61. The number of aryl methyl sites for hydroxylation is 1. The molecular formula is C12H19ClN2O2. The highest BCUT2D eigenvalue weighted by atomic mass is 35.5. The predicted molar refractivity (Wildman–Crippen MR) is 69.9 cm³/mol. The monoisotopic (exact) mass is 258 g/mol. The molecule has 96 valence electrons. The first-order chi connectivity index (χ1) is 8.19. The Morgan fingerprint density at radius 2 is 1.76 bits per heavy atom. The van der Waals surface area contributed by atoms with Crippen LogP contribution < -0.4 is 4.90 Å². The minimum atomic E-state index is 0.518. The fourth-order valence-corrected chi connectivity index (χ4v) is 1.80. The van der Waals surface area contributed by atoms with Crippen molar-refractivity contribution in [2.75, 3.05) is 45.4 Å². The number of methoxy groups -OCH3 is 2. The summed E-state index contributed by atoms with van der Waals surface area (Å²) in [7, 11) is 3.39. The number of hydrogen-bond acceptors (Lipinski definition) is 4. The summed E-state index contributed by atoms with van der Waals surface area (Å²) >= 11 is 5.85. The molecule has 0 saturated carbocycles. The van der Waals surface area contributed by atoms with Gasteiger partial charge in [-0.05, 0) is 19.1 Å². The molecule has 0 atom stereocenters. The van der Waals surface area contributed by atoms with Crippen molar-refractivity contribution in [1.29, 1.82) is 0 Å². The van der Waals surface area contributed by atoms with Gasteiger partial charge in [0.25, 0.3) is 0 Å². The highest BCUT2D eigenvalue weighted by Gasteiger charge is 2.10. The van der Waals surface area contributed by atoms with E-state index < -0.39 is 0 Å². The minimum Gasteiger partial charge on any atom is -0.383 e. The number of pyridine rings is 1. The maximum atomic E-state index is 5.85. The molecule has 0 spiro atoms. The van der Waals surface area contributed by atoms with Crippen LogP contribution in [0.15, 0.2) is 12.1 Å². The Hall–Kier alpha value is -0.840. The van der Waals surface area contributed by atoms with E-state index in [0.29, 0.717) is 18.4 Å². The number of hydrogen-bond donors (Lipinski definition) is 0. The molecule has 1 heterocycles. The van der Waals surface area contributed by atoms with Gasteiger partial charge in [-0.2, -0.15) is 0 Å². The third kappa shape index (κ3) is 4.50. The normalized spacial score (nSPS) is 10.6. The summed E-state index contributed by atoms with van der Waals surface area (Å²) in [5.74, 6) is 0. The van der Waals surface area contributed by atoms with Crippen molar-refractivity contribution in [3.05, 3.63) is 23.0 Å². The van der Waals surface area contributed by atoms with E-state index >= 15 is 0 Å². The van der Waals surface area contributed by atoms with Crippen LogP contribution in [-0.4, -0.2) is 45.5 Å². The minimum absolute atomic E-state index is 0.518. The van der Waals surface area contributed by atoms with Gasteiger partial charge in [-0.3, -0.25) is 0 Å². The molecule has 1 rings (SSSR count). The fraction of sp³-hybridized carbons (Fsp3) is 0.583. The van der Waals surface area contributed by atoms with Gasteiger partial charge in [0, 0.05) is 27.3 Å². The van der Waals surface area contributed by atoms with Crippen LogP contribution in [0.3, 0.4) is 0 Å². The molecule has 0 N–H and O–H groups in total. The van der Waals surface area contributed by atoms with Crippen LogP contribution in [0.25, 0.3) is 0 Å². The van der Waals surface area contributed by atoms with E-state index in [1.165, 1.54) is 0 Å².